The average Bonchev–Trinajstić information content (AvgIpc) is 3.27. The van der Waals surface area contributed by atoms with Crippen LogP contribution in [0, 0.1) is 11.2 Å². The highest BCUT2D eigenvalue weighted by atomic mass is 32.2. The molecule has 2 N–H and O–H groups in total. The number of nitrogens with zero attached hydrogens (tertiary/aromatic N) is 2. The van der Waals surface area contributed by atoms with E-state index in [0.717, 1.165) is 19.6 Å². The number of amides is 1. The molecule has 0 radical (unpaired) electrons. The fourth-order valence-electron chi connectivity index (χ4n) is 4.72. The van der Waals surface area contributed by atoms with Crippen LogP contribution in [-0.4, -0.2) is 50.5 Å². The fraction of sp³-hybridized carbons (Fsp3) is 0.611. The highest BCUT2D eigenvalue weighted by molar-refractivity contribution is 7.92. The molecule has 4 rings (SSSR count). The fourth-order valence-corrected chi connectivity index (χ4v) is 5.89. The van der Waals surface area contributed by atoms with Crippen LogP contribution in [0.2, 0.25) is 0 Å². The Hall–Kier alpha value is -1.87. The number of carbonyl (C=O) groups is 1. The molecule has 2 heterocycles. The lowest BCUT2D eigenvalue weighted by molar-refractivity contribution is -0.117. The lowest BCUT2D eigenvalue weighted by Gasteiger charge is -2.23. The molecule has 2 aliphatic heterocycles. The molecule has 3 fully saturated rings. The predicted octanol–water partition coefficient (Wildman–Crippen LogP) is 1.52. The maximum atomic E-state index is 14.6. The molecule has 148 valence electrons. The molecular weight excluding hydrogens is 373 g/mol. The van der Waals surface area contributed by atoms with E-state index in [0.29, 0.717) is 21.7 Å². The second kappa shape index (κ2) is 6.63. The Balaban J connectivity index is 1.45. The summed E-state index contributed by atoms with van der Waals surface area (Å²) in [6, 6.07) is 2.63. The SMILES string of the molecule is O=C1CN(c2c(O)cc(CCN3CCC4(CCCC4)C3)cc2F)S(=O)(=O)N1. The third-order valence-electron chi connectivity index (χ3n) is 6.07. The quantitative estimate of drug-likeness (QED) is 0.804. The normalized spacial score (nSPS) is 24.0. The smallest absolute Gasteiger partial charge is 0.326 e. The Kier molecular flexibility index (Phi) is 4.54. The number of benzene rings is 1. The Morgan fingerprint density at radius 2 is 1.96 bits per heavy atom. The van der Waals surface area contributed by atoms with Crippen LogP contribution in [0.1, 0.15) is 37.7 Å². The average molecular weight is 397 g/mol. The van der Waals surface area contributed by atoms with Gasteiger partial charge in [0.05, 0.1) is 0 Å². The Bertz CT molecular complexity index is 844. The van der Waals surface area contributed by atoms with Crippen LogP contribution < -0.4 is 9.03 Å². The first-order chi connectivity index (χ1) is 12.8. The van der Waals surface area contributed by atoms with E-state index in [4.69, 9.17) is 0 Å². The number of phenols is 1. The molecular formula is C18H24FN3O4S. The standard InChI is InChI=1S/C18H24FN3O4S/c19-14-9-13(3-7-21-8-6-18(12-21)4-1-2-5-18)10-15(23)17(14)22-11-16(24)20-27(22,25)26/h9-10,23H,1-8,11-12H2,(H,20,24). The monoisotopic (exact) mass is 397 g/mol. The molecule has 0 aromatic heterocycles. The Morgan fingerprint density at radius 1 is 1.22 bits per heavy atom. The van der Waals surface area contributed by atoms with Gasteiger partial charge in [0.1, 0.15) is 18.0 Å². The summed E-state index contributed by atoms with van der Waals surface area (Å²) in [5, 5.41) is 10.2. The van der Waals surface area contributed by atoms with Gasteiger partial charge in [0.15, 0.2) is 5.82 Å². The first-order valence-electron chi connectivity index (χ1n) is 9.35. The van der Waals surface area contributed by atoms with Crippen LogP contribution in [0.25, 0.3) is 0 Å². The summed E-state index contributed by atoms with van der Waals surface area (Å²) in [5.74, 6) is -2.08. The highest BCUT2D eigenvalue weighted by Crippen LogP contribution is 2.45. The van der Waals surface area contributed by atoms with Gasteiger partial charge < -0.3 is 10.0 Å². The molecule has 2 saturated heterocycles. The van der Waals surface area contributed by atoms with Gasteiger partial charge in [-0.15, -0.1) is 0 Å². The molecule has 0 bridgehead atoms. The summed E-state index contributed by atoms with van der Waals surface area (Å²) in [5.41, 5.74) is 0.598. The zero-order valence-corrected chi connectivity index (χ0v) is 15.9. The molecule has 7 nitrogen and oxygen atoms in total. The number of anilines is 1. The molecule has 9 heteroatoms. The summed E-state index contributed by atoms with van der Waals surface area (Å²) in [7, 11) is -4.16. The van der Waals surface area contributed by atoms with Gasteiger partial charge in [-0.2, -0.15) is 8.42 Å². The van der Waals surface area contributed by atoms with E-state index in [-0.39, 0.29) is 0 Å². The van der Waals surface area contributed by atoms with Gasteiger partial charge in [-0.25, -0.2) is 13.4 Å². The van der Waals surface area contributed by atoms with Crippen LogP contribution >= 0.6 is 0 Å². The van der Waals surface area contributed by atoms with E-state index in [2.05, 4.69) is 4.90 Å². The summed E-state index contributed by atoms with van der Waals surface area (Å²) >= 11 is 0. The van der Waals surface area contributed by atoms with Gasteiger partial charge >= 0.3 is 10.2 Å². The molecule has 3 aliphatic rings. The maximum Gasteiger partial charge on any atom is 0.326 e. The van der Waals surface area contributed by atoms with Crippen LogP contribution in [-0.2, 0) is 21.4 Å². The van der Waals surface area contributed by atoms with Gasteiger partial charge in [0.25, 0.3) is 5.91 Å². The number of nitrogens with one attached hydrogen (secondary N) is 1. The summed E-state index contributed by atoms with van der Waals surface area (Å²) in [6.45, 7) is 2.37. The zero-order chi connectivity index (χ0) is 19.2. The molecule has 1 spiro atoms. The second-order valence-corrected chi connectivity index (χ2v) is 9.56. The largest absolute Gasteiger partial charge is 0.506 e. The van der Waals surface area contributed by atoms with E-state index < -0.39 is 39.9 Å². The number of hydrogen-bond acceptors (Lipinski definition) is 5. The second-order valence-electron chi connectivity index (χ2n) is 7.97. The number of halogens is 1. The van der Waals surface area contributed by atoms with Crippen LogP contribution in [0.15, 0.2) is 12.1 Å². The van der Waals surface area contributed by atoms with Crippen molar-refractivity contribution in [2.75, 3.05) is 30.5 Å². The summed E-state index contributed by atoms with van der Waals surface area (Å²) in [6.07, 6.45) is 7.01. The minimum atomic E-state index is -4.16. The third kappa shape index (κ3) is 3.50. The Labute approximate surface area is 158 Å². The van der Waals surface area contributed by atoms with Gasteiger partial charge in [-0.3, -0.25) is 4.79 Å². The number of aromatic hydroxyl groups is 1. The number of carbonyl (C=O) groups excluding carboxylic acids is 1. The van der Waals surface area contributed by atoms with Crippen LogP contribution in [0.5, 0.6) is 5.75 Å². The third-order valence-corrected chi connectivity index (χ3v) is 7.45. The molecule has 1 saturated carbocycles. The van der Waals surface area contributed by atoms with Crippen LogP contribution in [0.3, 0.4) is 0 Å². The zero-order valence-electron chi connectivity index (χ0n) is 15.1. The lowest BCUT2D eigenvalue weighted by Crippen LogP contribution is -2.30. The molecule has 0 atom stereocenters. The van der Waals surface area contributed by atoms with E-state index in [1.54, 1.807) is 4.72 Å². The maximum absolute atomic E-state index is 14.6. The summed E-state index contributed by atoms with van der Waals surface area (Å²) in [4.78, 5) is 13.7. The minimum Gasteiger partial charge on any atom is -0.506 e. The Morgan fingerprint density at radius 3 is 2.59 bits per heavy atom. The van der Waals surface area contributed by atoms with E-state index in [9.17, 15) is 22.7 Å². The van der Waals surface area contributed by atoms with Gasteiger partial charge in [-0.1, -0.05) is 12.8 Å². The van der Waals surface area contributed by atoms with Crippen molar-refractivity contribution in [3.05, 3.63) is 23.5 Å². The van der Waals surface area contributed by atoms with Crippen molar-refractivity contribution in [3.8, 4) is 5.75 Å². The molecule has 1 aromatic rings. The first-order valence-corrected chi connectivity index (χ1v) is 10.8. The van der Waals surface area contributed by atoms with Crippen molar-refractivity contribution in [2.24, 2.45) is 5.41 Å². The molecule has 27 heavy (non-hydrogen) atoms. The van der Waals surface area contributed by atoms with Crippen molar-refractivity contribution < 1.29 is 22.7 Å². The van der Waals surface area contributed by atoms with Crippen molar-refractivity contribution in [3.63, 3.8) is 0 Å². The minimum absolute atomic E-state index is 0.473. The van der Waals surface area contributed by atoms with Crippen molar-refractivity contribution in [1.29, 1.82) is 0 Å². The van der Waals surface area contributed by atoms with Crippen molar-refractivity contribution in [2.45, 2.75) is 38.5 Å². The van der Waals surface area contributed by atoms with Crippen molar-refractivity contribution in [1.82, 2.24) is 9.62 Å². The molecule has 1 aromatic carbocycles. The van der Waals surface area contributed by atoms with Crippen molar-refractivity contribution >= 4 is 21.8 Å². The van der Waals surface area contributed by atoms with E-state index >= 15 is 0 Å². The first kappa shape index (κ1) is 18.5. The lowest BCUT2D eigenvalue weighted by atomic mass is 9.86. The number of likely N-dealkylation sites (tertiary alicyclic amines) is 1. The van der Waals surface area contributed by atoms with Gasteiger partial charge in [0.2, 0.25) is 0 Å². The number of hydrogen-bond donors (Lipinski definition) is 2. The van der Waals surface area contributed by atoms with E-state index in [1.807, 2.05) is 0 Å². The molecule has 1 amide bonds. The van der Waals surface area contributed by atoms with Gasteiger partial charge in [0, 0.05) is 13.1 Å². The topological polar surface area (TPSA) is 90.0 Å². The summed E-state index contributed by atoms with van der Waals surface area (Å²) < 4.78 is 40.7. The highest BCUT2D eigenvalue weighted by Gasteiger charge is 2.40. The van der Waals surface area contributed by atoms with E-state index in [1.165, 1.54) is 44.2 Å². The molecule has 1 aliphatic carbocycles. The predicted molar refractivity (Wildman–Crippen MR) is 98.1 cm³/mol. The van der Waals surface area contributed by atoms with Gasteiger partial charge in [-0.05, 0) is 55.3 Å². The number of rotatable bonds is 4. The van der Waals surface area contributed by atoms with Crippen LogP contribution in [0.4, 0.5) is 10.1 Å². The number of phenolic OH excluding ortho intramolecular Hbond substituents is 1. The molecule has 0 unspecified atom stereocenters.